The van der Waals surface area contributed by atoms with Gasteiger partial charge in [-0.1, -0.05) is 24.3 Å². The molecule has 2 aliphatic rings. The van der Waals surface area contributed by atoms with Crippen molar-refractivity contribution in [1.29, 1.82) is 0 Å². The second-order valence-corrected chi connectivity index (χ2v) is 5.09. The largest absolute Gasteiger partial charge is 0.493 e. The van der Waals surface area contributed by atoms with Gasteiger partial charge in [0, 0.05) is 6.07 Å². The molecule has 0 amide bonds. The molecule has 8 heteroatoms. The molecule has 1 heterocycles. The van der Waals surface area contributed by atoms with E-state index in [2.05, 4.69) is 39.7 Å². The van der Waals surface area contributed by atoms with E-state index >= 15 is 0 Å². The van der Waals surface area contributed by atoms with Crippen LogP contribution < -0.4 is 26.4 Å². The fraction of sp³-hybridized carbons (Fsp3) is 0.118. The van der Waals surface area contributed by atoms with Gasteiger partial charge >= 0.3 is 5.69 Å². The normalized spacial score (nSPS) is 10.4. The first kappa shape index (κ1) is 16.5. The number of fused-ring (bicyclic) bond motifs is 1. The molecule has 128 valence electrons. The molecule has 0 radical (unpaired) electrons. The van der Waals surface area contributed by atoms with E-state index in [4.69, 9.17) is 15.3 Å². The maximum Gasteiger partial charge on any atom is 0.356 e. The number of hydrogen-bond acceptors (Lipinski definition) is 7. The number of hydrazine groups is 1. The number of rotatable bonds is 4. The van der Waals surface area contributed by atoms with Crippen LogP contribution in [0.1, 0.15) is 0 Å². The third kappa shape index (κ3) is 3.29. The van der Waals surface area contributed by atoms with E-state index in [1.54, 1.807) is 18.2 Å². The lowest BCUT2D eigenvalue weighted by Gasteiger charge is -2.10. The van der Waals surface area contributed by atoms with E-state index in [0.29, 0.717) is 17.2 Å². The molecule has 0 fully saturated rings. The summed E-state index contributed by atoms with van der Waals surface area (Å²) in [7, 11) is 3.05. The first-order chi connectivity index (χ1) is 12.2. The number of anilines is 1. The molecule has 2 aliphatic carbocycles. The minimum Gasteiger partial charge on any atom is -0.493 e. The molecule has 4 rings (SSSR count). The van der Waals surface area contributed by atoms with Crippen molar-refractivity contribution in [2.24, 2.45) is 5.84 Å². The van der Waals surface area contributed by atoms with Crippen LogP contribution in [0.25, 0.3) is 16.8 Å². The van der Waals surface area contributed by atoms with Gasteiger partial charge in [0.1, 0.15) is 6.33 Å². The van der Waals surface area contributed by atoms with Crippen molar-refractivity contribution in [2.45, 2.75) is 0 Å². The lowest BCUT2D eigenvalue weighted by Crippen LogP contribution is -2.25. The molecular weight excluding hydrogens is 322 g/mol. The van der Waals surface area contributed by atoms with Crippen LogP contribution in [0.3, 0.4) is 0 Å². The monoisotopic (exact) mass is 339 g/mol. The van der Waals surface area contributed by atoms with Crippen LogP contribution in [0, 0.1) is 0 Å². The Morgan fingerprint density at radius 3 is 2.08 bits per heavy atom. The second kappa shape index (κ2) is 7.02. The zero-order valence-corrected chi connectivity index (χ0v) is 13.8. The average molecular weight is 339 g/mol. The van der Waals surface area contributed by atoms with Crippen LogP contribution in [-0.4, -0.2) is 28.8 Å². The Kier molecular flexibility index (Phi) is 4.62. The summed E-state index contributed by atoms with van der Waals surface area (Å²) in [6.45, 7) is 0. The van der Waals surface area contributed by atoms with Gasteiger partial charge in [-0.25, -0.2) is 15.6 Å². The molecule has 0 saturated carbocycles. The molecule has 1 aromatic carbocycles. The van der Waals surface area contributed by atoms with Gasteiger partial charge in [0.25, 0.3) is 0 Å². The van der Waals surface area contributed by atoms with Gasteiger partial charge in [0.2, 0.25) is 5.95 Å². The Labute approximate surface area is 143 Å². The molecule has 3 N–H and O–H groups in total. The summed E-state index contributed by atoms with van der Waals surface area (Å²) in [5.41, 5.74) is 5.12. The topological polar surface area (TPSA) is 104 Å². The number of nitrogens with zero attached hydrogens (tertiary/aromatic N) is 3. The lowest BCUT2D eigenvalue weighted by atomic mass is 9.95. The molecule has 8 nitrogen and oxygen atoms in total. The Bertz CT molecular complexity index is 917. The van der Waals surface area contributed by atoms with E-state index in [1.165, 1.54) is 36.2 Å². The molecule has 1 aromatic heterocycles. The van der Waals surface area contributed by atoms with Crippen LogP contribution in [0.4, 0.5) is 5.95 Å². The van der Waals surface area contributed by atoms with Gasteiger partial charge in [-0.3, -0.25) is 9.99 Å². The highest BCUT2D eigenvalue weighted by molar-refractivity contribution is 5.75. The molecule has 25 heavy (non-hydrogen) atoms. The smallest absolute Gasteiger partial charge is 0.356 e. The van der Waals surface area contributed by atoms with Gasteiger partial charge in [-0.05, 0) is 23.3 Å². The van der Waals surface area contributed by atoms with Crippen molar-refractivity contribution in [3.05, 3.63) is 59.3 Å². The molecule has 0 unspecified atom stereocenters. The predicted octanol–water partition coefficient (Wildman–Crippen LogP) is 1.60. The molecule has 0 aliphatic heterocycles. The molecule has 0 bridgehead atoms. The van der Waals surface area contributed by atoms with Crippen LogP contribution in [0.2, 0.25) is 0 Å². The highest BCUT2D eigenvalue weighted by atomic mass is 16.5. The van der Waals surface area contributed by atoms with Crippen molar-refractivity contribution >= 4 is 5.95 Å². The Hall–Kier alpha value is -3.39. The molecule has 2 aromatic rings. The number of methoxy groups -OCH3 is 2. The van der Waals surface area contributed by atoms with Crippen molar-refractivity contribution in [3.63, 3.8) is 0 Å². The summed E-state index contributed by atoms with van der Waals surface area (Å²) >= 11 is 0. The van der Waals surface area contributed by atoms with Crippen molar-refractivity contribution in [3.8, 4) is 28.3 Å². The highest BCUT2D eigenvalue weighted by Crippen LogP contribution is 2.29. The Morgan fingerprint density at radius 2 is 1.64 bits per heavy atom. The van der Waals surface area contributed by atoms with E-state index in [9.17, 15) is 4.79 Å². The first-order valence-electron chi connectivity index (χ1n) is 7.41. The quantitative estimate of drug-likeness (QED) is 0.430. The SMILES string of the molecule is COc1ccc(-n2cnc(NN)nc2=O)cc1OC.c1cc2ccc1-2. The van der Waals surface area contributed by atoms with Crippen LogP contribution in [0.15, 0.2) is 53.6 Å². The number of nitrogens with two attached hydrogens (primary N) is 1. The maximum absolute atomic E-state index is 11.8. The summed E-state index contributed by atoms with van der Waals surface area (Å²) in [6, 6.07) is 13.5. The Balaban J connectivity index is 0.000000250. The van der Waals surface area contributed by atoms with Gasteiger partial charge in [0.15, 0.2) is 11.5 Å². The fourth-order valence-corrected chi connectivity index (χ4v) is 2.22. The number of nitrogens with one attached hydrogen (secondary N) is 1. The Morgan fingerprint density at radius 1 is 1.00 bits per heavy atom. The summed E-state index contributed by atoms with van der Waals surface area (Å²) in [5, 5.41) is 0. The zero-order valence-electron chi connectivity index (χ0n) is 13.8. The van der Waals surface area contributed by atoms with Crippen LogP contribution in [-0.2, 0) is 0 Å². The second-order valence-electron chi connectivity index (χ2n) is 5.09. The van der Waals surface area contributed by atoms with E-state index in [-0.39, 0.29) is 5.95 Å². The summed E-state index contributed by atoms with van der Waals surface area (Å²) in [5.74, 6) is 6.27. The predicted molar refractivity (Wildman–Crippen MR) is 94.0 cm³/mol. The number of ether oxygens (including phenoxy) is 2. The summed E-state index contributed by atoms with van der Waals surface area (Å²) in [6.07, 6.45) is 1.33. The molecule has 0 atom stereocenters. The maximum atomic E-state index is 11.8. The number of benzene rings is 2. The van der Waals surface area contributed by atoms with Crippen molar-refractivity contribution in [2.75, 3.05) is 19.6 Å². The van der Waals surface area contributed by atoms with Crippen LogP contribution >= 0.6 is 0 Å². The third-order valence-electron chi connectivity index (χ3n) is 3.70. The van der Waals surface area contributed by atoms with E-state index < -0.39 is 5.69 Å². The van der Waals surface area contributed by atoms with Gasteiger partial charge in [0.05, 0.1) is 19.9 Å². The molecular formula is C17H17N5O3. The van der Waals surface area contributed by atoms with Gasteiger partial charge in [-0.2, -0.15) is 4.98 Å². The number of aromatic nitrogens is 3. The average Bonchev–Trinajstić information content (AvgIpc) is 2.64. The van der Waals surface area contributed by atoms with E-state index in [1.807, 2.05) is 0 Å². The third-order valence-corrected chi connectivity index (χ3v) is 3.70. The number of nitrogen functional groups attached to an aromatic ring is 1. The minimum absolute atomic E-state index is 0.0572. The minimum atomic E-state index is -0.504. The summed E-state index contributed by atoms with van der Waals surface area (Å²) in [4.78, 5) is 19.3. The highest BCUT2D eigenvalue weighted by Gasteiger charge is 2.08. The molecule has 0 spiro atoms. The number of hydrogen-bond donors (Lipinski definition) is 2. The fourth-order valence-electron chi connectivity index (χ4n) is 2.22. The van der Waals surface area contributed by atoms with E-state index in [0.717, 1.165) is 0 Å². The zero-order chi connectivity index (χ0) is 17.8. The van der Waals surface area contributed by atoms with Gasteiger partial charge in [-0.15, -0.1) is 0 Å². The van der Waals surface area contributed by atoms with Crippen molar-refractivity contribution < 1.29 is 9.47 Å². The van der Waals surface area contributed by atoms with Crippen molar-refractivity contribution in [1.82, 2.24) is 14.5 Å². The molecule has 0 saturated heterocycles. The van der Waals surface area contributed by atoms with Gasteiger partial charge < -0.3 is 9.47 Å². The van der Waals surface area contributed by atoms with Crippen LogP contribution in [0.5, 0.6) is 11.5 Å². The standard InChI is InChI=1S/C11H13N5O3.C6H4/c1-18-8-4-3-7(5-9(8)19-2)16-6-13-10(15-12)14-11(16)17;1-2-6-4-3-5(1)6/h3-6H,12H2,1-2H3,(H,14,15,17);1-4H. The first-order valence-corrected chi connectivity index (χ1v) is 7.41. The summed E-state index contributed by atoms with van der Waals surface area (Å²) < 4.78 is 11.6. The lowest BCUT2D eigenvalue weighted by molar-refractivity contribution is 0.355.